The molecule has 21 heavy (non-hydrogen) atoms. The van der Waals surface area contributed by atoms with E-state index >= 15 is 0 Å². The zero-order valence-electron chi connectivity index (χ0n) is 11.7. The van der Waals surface area contributed by atoms with Gasteiger partial charge in [0, 0.05) is 5.69 Å². The number of benzene rings is 2. The Kier molecular flexibility index (Phi) is 5.51. The molecule has 0 saturated carbocycles. The van der Waals surface area contributed by atoms with Crippen molar-refractivity contribution in [3.05, 3.63) is 59.9 Å². The summed E-state index contributed by atoms with van der Waals surface area (Å²) in [6.07, 6.45) is 0. The second-order valence-electron chi connectivity index (χ2n) is 4.53. The molecule has 0 saturated heterocycles. The summed E-state index contributed by atoms with van der Waals surface area (Å²) in [6, 6.07) is 14.2. The number of para-hydroxylation sites is 1. The molecule has 0 spiro atoms. The standard InChI is InChI=1S/C16H17FN2OS/c1-12-5-4-6-13(11-12)19-16(21)18-9-10-20-15-8-3-2-7-14(15)17/h2-8,11H,9-10H2,1H3,(H2,18,19,21). The number of anilines is 1. The van der Waals surface area contributed by atoms with Crippen LogP contribution in [0.1, 0.15) is 5.56 Å². The van der Waals surface area contributed by atoms with Gasteiger partial charge in [0.05, 0.1) is 6.54 Å². The highest BCUT2D eigenvalue weighted by atomic mass is 32.1. The molecule has 0 bridgehead atoms. The van der Waals surface area contributed by atoms with Crippen molar-refractivity contribution in [2.24, 2.45) is 0 Å². The van der Waals surface area contributed by atoms with Gasteiger partial charge in [-0.2, -0.15) is 0 Å². The molecule has 0 aliphatic carbocycles. The van der Waals surface area contributed by atoms with Gasteiger partial charge in [-0.1, -0.05) is 24.3 Å². The lowest BCUT2D eigenvalue weighted by Crippen LogP contribution is -2.32. The molecule has 0 fully saturated rings. The first-order valence-corrected chi connectivity index (χ1v) is 7.05. The number of halogens is 1. The predicted molar refractivity (Wildman–Crippen MR) is 87.3 cm³/mol. The molecule has 110 valence electrons. The average molecular weight is 304 g/mol. The molecule has 0 aliphatic heterocycles. The first-order chi connectivity index (χ1) is 10.1. The molecule has 0 aliphatic rings. The van der Waals surface area contributed by atoms with Gasteiger partial charge in [-0.05, 0) is 49.0 Å². The van der Waals surface area contributed by atoms with Crippen LogP contribution in [-0.2, 0) is 0 Å². The molecule has 3 nitrogen and oxygen atoms in total. The largest absolute Gasteiger partial charge is 0.489 e. The van der Waals surface area contributed by atoms with Crippen LogP contribution in [0.5, 0.6) is 5.75 Å². The van der Waals surface area contributed by atoms with E-state index in [9.17, 15) is 4.39 Å². The van der Waals surface area contributed by atoms with E-state index in [1.807, 2.05) is 31.2 Å². The summed E-state index contributed by atoms with van der Waals surface area (Å²) in [6.45, 7) is 2.84. The first kappa shape index (κ1) is 15.3. The normalized spacial score (nSPS) is 10.0. The molecule has 0 aromatic heterocycles. The Hall–Kier alpha value is -2.14. The van der Waals surface area contributed by atoms with Crippen molar-refractivity contribution >= 4 is 23.0 Å². The van der Waals surface area contributed by atoms with Gasteiger partial charge >= 0.3 is 0 Å². The Bertz CT molecular complexity index is 619. The molecule has 0 atom stereocenters. The monoisotopic (exact) mass is 304 g/mol. The molecule has 0 radical (unpaired) electrons. The van der Waals surface area contributed by atoms with Crippen LogP contribution in [0.4, 0.5) is 10.1 Å². The molecule has 0 heterocycles. The SMILES string of the molecule is Cc1cccc(NC(=S)NCCOc2ccccc2F)c1. The molecular formula is C16H17FN2OS. The van der Waals surface area contributed by atoms with Gasteiger partial charge in [-0.25, -0.2) is 4.39 Å². The quantitative estimate of drug-likeness (QED) is 0.654. The number of hydrogen-bond donors (Lipinski definition) is 2. The summed E-state index contributed by atoms with van der Waals surface area (Å²) < 4.78 is 18.6. The summed E-state index contributed by atoms with van der Waals surface area (Å²) in [7, 11) is 0. The smallest absolute Gasteiger partial charge is 0.170 e. The summed E-state index contributed by atoms with van der Waals surface area (Å²) in [5.74, 6) is -0.116. The van der Waals surface area contributed by atoms with Crippen LogP contribution < -0.4 is 15.4 Å². The fourth-order valence-electron chi connectivity index (χ4n) is 1.79. The van der Waals surface area contributed by atoms with Gasteiger partial charge in [0.1, 0.15) is 6.61 Å². The second kappa shape index (κ2) is 7.59. The molecule has 0 amide bonds. The third-order valence-corrected chi connectivity index (χ3v) is 3.00. The Morgan fingerprint density at radius 2 is 2.00 bits per heavy atom. The van der Waals surface area contributed by atoms with Crippen LogP contribution in [0, 0.1) is 12.7 Å². The van der Waals surface area contributed by atoms with Gasteiger partial charge in [-0.15, -0.1) is 0 Å². The summed E-state index contributed by atoms with van der Waals surface area (Å²) in [5, 5.41) is 6.61. The number of ether oxygens (including phenoxy) is 1. The molecule has 2 aromatic rings. The predicted octanol–water partition coefficient (Wildman–Crippen LogP) is 3.50. The highest BCUT2D eigenvalue weighted by Gasteiger charge is 2.01. The number of nitrogens with one attached hydrogen (secondary N) is 2. The molecule has 0 unspecified atom stereocenters. The lowest BCUT2D eigenvalue weighted by Gasteiger charge is -2.12. The lowest BCUT2D eigenvalue weighted by atomic mass is 10.2. The zero-order valence-corrected chi connectivity index (χ0v) is 12.5. The Morgan fingerprint density at radius 1 is 1.19 bits per heavy atom. The molecule has 2 rings (SSSR count). The van der Waals surface area contributed by atoms with Crippen LogP contribution in [0.2, 0.25) is 0 Å². The minimum Gasteiger partial charge on any atom is -0.489 e. The zero-order chi connectivity index (χ0) is 15.1. The van der Waals surface area contributed by atoms with Crippen LogP contribution in [0.3, 0.4) is 0 Å². The molecule has 2 aromatic carbocycles. The second-order valence-corrected chi connectivity index (χ2v) is 4.94. The van der Waals surface area contributed by atoms with Crippen molar-refractivity contribution in [1.29, 1.82) is 0 Å². The highest BCUT2D eigenvalue weighted by molar-refractivity contribution is 7.80. The summed E-state index contributed by atoms with van der Waals surface area (Å²) in [4.78, 5) is 0. The fraction of sp³-hybridized carbons (Fsp3) is 0.188. The van der Waals surface area contributed by atoms with E-state index in [4.69, 9.17) is 17.0 Å². The fourth-order valence-corrected chi connectivity index (χ4v) is 2.01. The minimum atomic E-state index is -0.363. The number of hydrogen-bond acceptors (Lipinski definition) is 2. The van der Waals surface area contributed by atoms with E-state index in [1.165, 1.54) is 6.07 Å². The maximum atomic E-state index is 13.3. The van der Waals surface area contributed by atoms with Crippen molar-refractivity contribution < 1.29 is 9.13 Å². The van der Waals surface area contributed by atoms with Crippen LogP contribution in [0.15, 0.2) is 48.5 Å². The van der Waals surface area contributed by atoms with E-state index in [1.54, 1.807) is 18.2 Å². The Labute approximate surface area is 129 Å². The van der Waals surface area contributed by atoms with Crippen LogP contribution in [-0.4, -0.2) is 18.3 Å². The van der Waals surface area contributed by atoms with Gasteiger partial charge in [0.25, 0.3) is 0 Å². The van der Waals surface area contributed by atoms with E-state index in [0.717, 1.165) is 11.3 Å². The number of aryl methyl sites for hydroxylation is 1. The molecule has 2 N–H and O–H groups in total. The highest BCUT2D eigenvalue weighted by Crippen LogP contribution is 2.14. The minimum absolute atomic E-state index is 0.247. The van der Waals surface area contributed by atoms with Gasteiger partial charge < -0.3 is 15.4 Å². The number of thiocarbonyl (C=S) groups is 1. The summed E-state index contributed by atoms with van der Waals surface area (Å²) >= 11 is 5.18. The average Bonchev–Trinajstić information content (AvgIpc) is 2.45. The van der Waals surface area contributed by atoms with Crippen LogP contribution in [0.25, 0.3) is 0 Å². The van der Waals surface area contributed by atoms with E-state index in [-0.39, 0.29) is 11.6 Å². The third kappa shape index (κ3) is 5.04. The van der Waals surface area contributed by atoms with E-state index in [2.05, 4.69) is 10.6 Å². The number of rotatable bonds is 5. The van der Waals surface area contributed by atoms with E-state index < -0.39 is 0 Å². The van der Waals surface area contributed by atoms with Gasteiger partial charge in [-0.3, -0.25) is 0 Å². The van der Waals surface area contributed by atoms with Gasteiger partial charge in [0.2, 0.25) is 0 Å². The van der Waals surface area contributed by atoms with Crippen molar-refractivity contribution in [3.8, 4) is 5.75 Å². The van der Waals surface area contributed by atoms with Crippen molar-refractivity contribution in [1.82, 2.24) is 5.32 Å². The summed E-state index contributed by atoms with van der Waals surface area (Å²) in [5.41, 5.74) is 2.09. The van der Waals surface area contributed by atoms with Crippen LogP contribution >= 0.6 is 12.2 Å². The van der Waals surface area contributed by atoms with Crippen molar-refractivity contribution in [3.63, 3.8) is 0 Å². The molecule has 5 heteroatoms. The lowest BCUT2D eigenvalue weighted by molar-refractivity contribution is 0.306. The Balaban J connectivity index is 1.71. The first-order valence-electron chi connectivity index (χ1n) is 6.64. The maximum absolute atomic E-state index is 13.3. The van der Waals surface area contributed by atoms with Crippen molar-refractivity contribution in [2.45, 2.75) is 6.92 Å². The van der Waals surface area contributed by atoms with Crippen molar-refractivity contribution in [2.75, 3.05) is 18.5 Å². The topological polar surface area (TPSA) is 33.3 Å². The third-order valence-electron chi connectivity index (χ3n) is 2.76. The van der Waals surface area contributed by atoms with Gasteiger partial charge in [0.15, 0.2) is 16.7 Å². The van der Waals surface area contributed by atoms with E-state index in [0.29, 0.717) is 18.3 Å². The Morgan fingerprint density at radius 3 is 2.76 bits per heavy atom. The molecular weight excluding hydrogens is 287 g/mol. The maximum Gasteiger partial charge on any atom is 0.170 e.